The van der Waals surface area contributed by atoms with Gasteiger partial charge >= 0.3 is 0 Å². The van der Waals surface area contributed by atoms with Crippen LogP contribution in [0.3, 0.4) is 0 Å². The number of hydrogen-bond donors (Lipinski definition) is 2. The summed E-state index contributed by atoms with van der Waals surface area (Å²) in [4.78, 5) is 4.13. The van der Waals surface area contributed by atoms with Crippen LogP contribution < -0.4 is 10.6 Å². The van der Waals surface area contributed by atoms with Gasteiger partial charge in [-0.15, -0.1) is 24.0 Å². The van der Waals surface area contributed by atoms with Crippen molar-refractivity contribution in [1.82, 2.24) is 10.6 Å². The fourth-order valence-electron chi connectivity index (χ4n) is 1.31. The standard InChI is InChI=1S/C12H17BrClN3.HI/c1-3-6-16-12(15-2)17-8-9-4-5-10(13)7-11(9)14;/h4-5,7H,3,6,8H2,1-2H3,(H2,15,16,17);1H. The van der Waals surface area contributed by atoms with E-state index in [1.165, 1.54) is 0 Å². The molecule has 2 N–H and O–H groups in total. The fraction of sp³-hybridized carbons (Fsp3) is 0.417. The zero-order chi connectivity index (χ0) is 12.7. The largest absolute Gasteiger partial charge is 0.356 e. The zero-order valence-electron chi connectivity index (χ0n) is 10.5. The van der Waals surface area contributed by atoms with Crippen LogP contribution in [0.15, 0.2) is 27.7 Å². The van der Waals surface area contributed by atoms with Gasteiger partial charge in [-0.25, -0.2) is 0 Å². The lowest BCUT2D eigenvalue weighted by Gasteiger charge is -2.12. The van der Waals surface area contributed by atoms with E-state index in [9.17, 15) is 0 Å². The average Bonchev–Trinajstić information content (AvgIpc) is 2.31. The summed E-state index contributed by atoms with van der Waals surface area (Å²) < 4.78 is 0.986. The van der Waals surface area contributed by atoms with Crippen molar-refractivity contribution < 1.29 is 0 Å². The Hall–Kier alpha value is -0.0100. The summed E-state index contributed by atoms with van der Waals surface area (Å²) in [5.41, 5.74) is 1.05. The van der Waals surface area contributed by atoms with Gasteiger partial charge in [-0.1, -0.05) is 40.5 Å². The summed E-state index contributed by atoms with van der Waals surface area (Å²) >= 11 is 9.51. The summed E-state index contributed by atoms with van der Waals surface area (Å²) in [5.74, 6) is 0.797. The predicted octanol–water partition coefficient (Wildman–Crippen LogP) is 3.80. The number of nitrogens with zero attached hydrogens (tertiary/aromatic N) is 1. The van der Waals surface area contributed by atoms with E-state index >= 15 is 0 Å². The molecule has 0 heterocycles. The maximum atomic E-state index is 6.13. The maximum Gasteiger partial charge on any atom is 0.191 e. The molecule has 0 spiro atoms. The van der Waals surface area contributed by atoms with E-state index in [0.29, 0.717) is 6.54 Å². The molecular weight excluding hydrogens is 428 g/mol. The van der Waals surface area contributed by atoms with Crippen LogP contribution in [0.4, 0.5) is 0 Å². The van der Waals surface area contributed by atoms with E-state index < -0.39 is 0 Å². The summed E-state index contributed by atoms with van der Waals surface area (Å²) in [6.45, 7) is 3.69. The van der Waals surface area contributed by atoms with Crippen LogP contribution >= 0.6 is 51.5 Å². The molecule has 0 aliphatic carbocycles. The van der Waals surface area contributed by atoms with Crippen molar-refractivity contribution in [3.63, 3.8) is 0 Å². The molecule has 0 amide bonds. The molecule has 0 aromatic heterocycles. The molecule has 0 aliphatic rings. The summed E-state index contributed by atoms with van der Waals surface area (Å²) in [6.07, 6.45) is 1.07. The first-order valence-electron chi connectivity index (χ1n) is 5.55. The first-order valence-corrected chi connectivity index (χ1v) is 6.73. The second kappa shape index (κ2) is 9.86. The van der Waals surface area contributed by atoms with Gasteiger partial charge in [0.2, 0.25) is 0 Å². The van der Waals surface area contributed by atoms with Crippen molar-refractivity contribution >= 4 is 57.5 Å². The Morgan fingerprint density at radius 3 is 2.67 bits per heavy atom. The molecule has 18 heavy (non-hydrogen) atoms. The summed E-state index contributed by atoms with van der Waals surface area (Å²) in [6, 6.07) is 5.86. The Kier molecular flexibility index (Phi) is 9.85. The number of nitrogens with one attached hydrogen (secondary N) is 2. The Balaban J connectivity index is 0.00000289. The molecule has 0 atom stereocenters. The molecule has 3 nitrogen and oxygen atoms in total. The molecule has 0 saturated heterocycles. The Bertz CT molecular complexity index is 399. The molecule has 0 radical (unpaired) electrons. The van der Waals surface area contributed by atoms with Crippen LogP contribution in [-0.2, 0) is 6.54 Å². The highest BCUT2D eigenvalue weighted by molar-refractivity contribution is 14.0. The third-order valence-electron chi connectivity index (χ3n) is 2.23. The van der Waals surface area contributed by atoms with Gasteiger partial charge in [0.15, 0.2) is 5.96 Å². The minimum absolute atomic E-state index is 0. The van der Waals surface area contributed by atoms with E-state index in [4.69, 9.17) is 11.6 Å². The summed E-state index contributed by atoms with van der Waals surface area (Å²) in [7, 11) is 1.76. The molecule has 1 aromatic carbocycles. The molecule has 6 heteroatoms. The Labute approximate surface area is 139 Å². The molecular formula is C12H18BrClIN3. The second-order valence-electron chi connectivity index (χ2n) is 3.59. The average molecular weight is 447 g/mol. The van der Waals surface area contributed by atoms with Gasteiger partial charge in [0, 0.05) is 29.6 Å². The van der Waals surface area contributed by atoms with E-state index in [-0.39, 0.29) is 24.0 Å². The lowest BCUT2D eigenvalue weighted by molar-refractivity contribution is 0.781. The highest BCUT2D eigenvalue weighted by Crippen LogP contribution is 2.20. The number of aliphatic imine (C=N–C) groups is 1. The van der Waals surface area contributed by atoms with E-state index in [1.54, 1.807) is 7.05 Å². The van der Waals surface area contributed by atoms with Gasteiger partial charge in [0.25, 0.3) is 0 Å². The predicted molar refractivity (Wildman–Crippen MR) is 93.1 cm³/mol. The fourth-order valence-corrected chi connectivity index (χ4v) is 2.05. The van der Waals surface area contributed by atoms with Crippen LogP contribution in [0, 0.1) is 0 Å². The number of hydrogen-bond acceptors (Lipinski definition) is 1. The topological polar surface area (TPSA) is 36.4 Å². The lowest BCUT2D eigenvalue weighted by atomic mass is 10.2. The minimum atomic E-state index is 0. The molecule has 1 rings (SSSR count). The lowest BCUT2D eigenvalue weighted by Crippen LogP contribution is -2.37. The Morgan fingerprint density at radius 1 is 1.39 bits per heavy atom. The van der Waals surface area contributed by atoms with Crippen molar-refractivity contribution in [2.45, 2.75) is 19.9 Å². The van der Waals surface area contributed by atoms with E-state index in [2.05, 4.69) is 38.5 Å². The van der Waals surface area contributed by atoms with Crippen LogP contribution in [0.2, 0.25) is 5.02 Å². The van der Waals surface area contributed by atoms with Crippen molar-refractivity contribution in [3.8, 4) is 0 Å². The van der Waals surface area contributed by atoms with Crippen molar-refractivity contribution in [2.75, 3.05) is 13.6 Å². The monoisotopic (exact) mass is 445 g/mol. The van der Waals surface area contributed by atoms with Crippen molar-refractivity contribution in [3.05, 3.63) is 33.3 Å². The normalized spacial score (nSPS) is 10.8. The maximum absolute atomic E-state index is 6.13. The highest BCUT2D eigenvalue weighted by atomic mass is 127. The molecule has 102 valence electrons. The molecule has 0 aliphatic heterocycles. The van der Waals surface area contributed by atoms with Gasteiger partial charge < -0.3 is 10.6 Å². The van der Waals surface area contributed by atoms with E-state index in [0.717, 1.165) is 34.0 Å². The smallest absolute Gasteiger partial charge is 0.191 e. The minimum Gasteiger partial charge on any atom is -0.356 e. The van der Waals surface area contributed by atoms with Gasteiger partial charge in [0.1, 0.15) is 0 Å². The number of rotatable bonds is 4. The SMILES string of the molecule is CCCNC(=NC)NCc1ccc(Br)cc1Cl.I. The van der Waals surface area contributed by atoms with Gasteiger partial charge in [-0.2, -0.15) is 0 Å². The third kappa shape index (κ3) is 6.24. The van der Waals surface area contributed by atoms with Crippen LogP contribution in [-0.4, -0.2) is 19.6 Å². The summed E-state index contributed by atoms with van der Waals surface area (Å²) in [5, 5.41) is 7.17. The first-order chi connectivity index (χ1) is 8.17. The number of halogens is 3. The van der Waals surface area contributed by atoms with Gasteiger partial charge in [0.05, 0.1) is 0 Å². The third-order valence-corrected chi connectivity index (χ3v) is 3.07. The first kappa shape index (κ1) is 18.0. The number of guanidine groups is 1. The van der Waals surface area contributed by atoms with E-state index in [1.807, 2.05) is 18.2 Å². The molecule has 0 fully saturated rings. The number of benzene rings is 1. The van der Waals surface area contributed by atoms with Gasteiger partial charge in [-0.3, -0.25) is 4.99 Å². The molecule has 0 bridgehead atoms. The molecule has 1 aromatic rings. The molecule has 0 saturated carbocycles. The highest BCUT2D eigenvalue weighted by Gasteiger charge is 2.02. The quantitative estimate of drug-likeness (QED) is 0.419. The van der Waals surface area contributed by atoms with Crippen LogP contribution in [0.25, 0.3) is 0 Å². The van der Waals surface area contributed by atoms with Gasteiger partial charge in [-0.05, 0) is 24.1 Å². The zero-order valence-corrected chi connectivity index (χ0v) is 15.1. The Morgan fingerprint density at radius 2 is 2.11 bits per heavy atom. The van der Waals surface area contributed by atoms with Crippen LogP contribution in [0.1, 0.15) is 18.9 Å². The van der Waals surface area contributed by atoms with Crippen molar-refractivity contribution in [1.29, 1.82) is 0 Å². The second-order valence-corrected chi connectivity index (χ2v) is 4.91. The molecule has 0 unspecified atom stereocenters. The van der Waals surface area contributed by atoms with Crippen LogP contribution in [0.5, 0.6) is 0 Å². The van der Waals surface area contributed by atoms with Crippen molar-refractivity contribution in [2.24, 2.45) is 4.99 Å².